The van der Waals surface area contributed by atoms with Crippen LogP contribution in [-0.2, 0) is 5.60 Å². The van der Waals surface area contributed by atoms with E-state index in [2.05, 4.69) is 4.74 Å². The van der Waals surface area contributed by atoms with Gasteiger partial charge < -0.3 is 14.6 Å². The van der Waals surface area contributed by atoms with Crippen LogP contribution >= 0.6 is 0 Å². The van der Waals surface area contributed by atoms with E-state index in [0.29, 0.717) is 24.3 Å². The van der Waals surface area contributed by atoms with Crippen LogP contribution in [0.2, 0.25) is 0 Å². The fourth-order valence-corrected chi connectivity index (χ4v) is 2.52. The topological polar surface area (TPSA) is 38.7 Å². The van der Waals surface area contributed by atoms with Gasteiger partial charge in [-0.3, -0.25) is 0 Å². The molecule has 1 atom stereocenters. The van der Waals surface area contributed by atoms with Crippen LogP contribution in [0.1, 0.15) is 11.1 Å². The van der Waals surface area contributed by atoms with Gasteiger partial charge in [0.05, 0.1) is 7.11 Å². The van der Waals surface area contributed by atoms with Crippen molar-refractivity contribution in [2.24, 2.45) is 0 Å². The molecule has 0 radical (unpaired) electrons. The number of para-hydroxylation sites is 1. The van der Waals surface area contributed by atoms with Crippen LogP contribution in [0, 0.1) is 0 Å². The van der Waals surface area contributed by atoms with Crippen LogP contribution in [0.25, 0.3) is 0 Å². The molecule has 0 amide bonds. The summed E-state index contributed by atoms with van der Waals surface area (Å²) in [4.78, 5) is 0. The average Bonchev–Trinajstić information content (AvgIpc) is 2.59. The first-order chi connectivity index (χ1) is 12.7. The van der Waals surface area contributed by atoms with Crippen LogP contribution < -0.4 is 9.47 Å². The third-order valence-electron chi connectivity index (χ3n) is 3.82. The average molecular weight is 416 g/mol. The second-order valence-corrected chi connectivity index (χ2v) is 5.56. The monoisotopic (exact) mass is 416 g/mol. The molecule has 0 aliphatic rings. The predicted octanol–water partition coefficient (Wildman–Crippen LogP) is 5.03. The van der Waals surface area contributed by atoms with Gasteiger partial charge in [0.25, 0.3) is 0 Å². The van der Waals surface area contributed by atoms with E-state index >= 15 is 0 Å². The molecule has 0 spiro atoms. The van der Waals surface area contributed by atoms with Crippen molar-refractivity contribution < 1.29 is 49.7 Å². The molecule has 1 N–H and O–H groups in total. The number of hydrogen-bond acceptors (Lipinski definition) is 3. The first kappa shape index (κ1) is 21.7. The van der Waals surface area contributed by atoms with Gasteiger partial charge in [-0.05, 0) is 23.8 Å². The first-order valence-corrected chi connectivity index (χ1v) is 7.40. The summed E-state index contributed by atoms with van der Waals surface area (Å²) in [6.45, 7) is 0. The van der Waals surface area contributed by atoms with Gasteiger partial charge in [0.15, 0.2) is 5.60 Å². The SMILES string of the molecule is COc1ccc(C(O)(c2ccccc2OC(F)(F)F)C(F)(F)C(F)(F)F)cc1. The lowest BCUT2D eigenvalue weighted by Crippen LogP contribution is -2.55. The van der Waals surface area contributed by atoms with E-state index in [0.717, 1.165) is 24.3 Å². The lowest BCUT2D eigenvalue weighted by atomic mass is 9.80. The fraction of sp³-hybridized carbons (Fsp3) is 0.294. The summed E-state index contributed by atoms with van der Waals surface area (Å²) in [6.07, 6.45) is -11.7. The smallest absolute Gasteiger partial charge is 0.497 e. The number of alkyl halides is 8. The number of rotatable bonds is 5. The van der Waals surface area contributed by atoms with E-state index in [1.54, 1.807) is 0 Å². The van der Waals surface area contributed by atoms with Crippen molar-refractivity contribution in [3.8, 4) is 11.5 Å². The highest BCUT2D eigenvalue weighted by molar-refractivity contribution is 5.48. The molecular weight excluding hydrogens is 404 g/mol. The standard InChI is InChI=1S/C17H12F8O3/c1-27-11-8-6-10(7-9-11)14(26,15(18,19)16(20,21)22)12-4-2-3-5-13(12)28-17(23,24)25/h2-9,26H,1H3. The lowest BCUT2D eigenvalue weighted by Gasteiger charge is -2.38. The lowest BCUT2D eigenvalue weighted by molar-refractivity contribution is -0.337. The van der Waals surface area contributed by atoms with Crippen LogP contribution in [0.15, 0.2) is 48.5 Å². The van der Waals surface area contributed by atoms with E-state index in [1.165, 1.54) is 7.11 Å². The van der Waals surface area contributed by atoms with Gasteiger partial charge in [-0.2, -0.15) is 22.0 Å². The minimum atomic E-state index is -6.30. The van der Waals surface area contributed by atoms with Crippen molar-refractivity contribution >= 4 is 0 Å². The quantitative estimate of drug-likeness (QED) is 0.696. The van der Waals surface area contributed by atoms with Crippen molar-refractivity contribution in [2.75, 3.05) is 7.11 Å². The van der Waals surface area contributed by atoms with E-state index in [-0.39, 0.29) is 5.75 Å². The van der Waals surface area contributed by atoms with E-state index in [9.17, 15) is 40.2 Å². The van der Waals surface area contributed by atoms with Crippen LogP contribution in [-0.4, -0.2) is 30.7 Å². The Morgan fingerprint density at radius 1 is 0.786 bits per heavy atom. The Balaban J connectivity index is 2.80. The number of hydrogen-bond donors (Lipinski definition) is 1. The van der Waals surface area contributed by atoms with Crippen LogP contribution in [0.4, 0.5) is 35.1 Å². The molecule has 3 nitrogen and oxygen atoms in total. The normalized spacial score (nSPS) is 15.1. The van der Waals surface area contributed by atoms with Gasteiger partial charge in [-0.15, -0.1) is 13.2 Å². The van der Waals surface area contributed by atoms with Gasteiger partial charge in [0.2, 0.25) is 0 Å². The largest absolute Gasteiger partial charge is 0.573 e. The highest BCUT2D eigenvalue weighted by Crippen LogP contribution is 2.54. The molecule has 0 saturated carbocycles. The molecule has 2 aromatic carbocycles. The molecular formula is C17H12F8O3. The second kappa shape index (κ2) is 7.12. The summed E-state index contributed by atoms with van der Waals surface area (Å²) >= 11 is 0. The number of halogens is 8. The molecule has 0 aliphatic heterocycles. The molecule has 11 heteroatoms. The molecule has 28 heavy (non-hydrogen) atoms. The molecule has 1 unspecified atom stereocenters. The van der Waals surface area contributed by atoms with Crippen LogP contribution in [0.3, 0.4) is 0 Å². The van der Waals surface area contributed by atoms with Gasteiger partial charge in [0.1, 0.15) is 11.5 Å². The zero-order chi connectivity index (χ0) is 21.4. The maximum Gasteiger partial charge on any atom is 0.573 e. The van der Waals surface area contributed by atoms with E-state index in [4.69, 9.17) is 4.74 Å². The zero-order valence-corrected chi connectivity index (χ0v) is 13.9. The van der Waals surface area contributed by atoms with Crippen molar-refractivity contribution in [3.63, 3.8) is 0 Å². The van der Waals surface area contributed by atoms with Crippen molar-refractivity contribution in [1.29, 1.82) is 0 Å². The Labute approximate surface area is 153 Å². The molecule has 0 heterocycles. The van der Waals surface area contributed by atoms with Crippen molar-refractivity contribution in [2.45, 2.75) is 24.1 Å². The predicted molar refractivity (Wildman–Crippen MR) is 80.1 cm³/mol. The Morgan fingerprint density at radius 2 is 1.32 bits per heavy atom. The molecule has 154 valence electrons. The third-order valence-corrected chi connectivity index (χ3v) is 3.82. The fourth-order valence-electron chi connectivity index (χ4n) is 2.52. The maximum absolute atomic E-state index is 14.4. The summed E-state index contributed by atoms with van der Waals surface area (Å²) in [5.41, 5.74) is -6.66. The van der Waals surface area contributed by atoms with Gasteiger partial charge >= 0.3 is 18.5 Å². The molecule has 0 saturated heterocycles. The number of methoxy groups -OCH3 is 1. The first-order valence-electron chi connectivity index (χ1n) is 7.40. The minimum Gasteiger partial charge on any atom is -0.497 e. The number of benzene rings is 2. The highest BCUT2D eigenvalue weighted by atomic mass is 19.4. The number of aliphatic hydroxyl groups is 1. The molecule has 2 aromatic rings. The van der Waals surface area contributed by atoms with Gasteiger partial charge in [-0.1, -0.05) is 30.3 Å². The highest BCUT2D eigenvalue weighted by Gasteiger charge is 2.72. The third kappa shape index (κ3) is 3.84. The zero-order valence-electron chi connectivity index (χ0n) is 13.9. The Bertz CT molecular complexity index is 814. The van der Waals surface area contributed by atoms with Crippen molar-refractivity contribution in [1.82, 2.24) is 0 Å². The number of ether oxygens (including phenoxy) is 2. The maximum atomic E-state index is 14.4. The Morgan fingerprint density at radius 3 is 1.79 bits per heavy atom. The van der Waals surface area contributed by atoms with E-state index in [1.807, 2.05) is 0 Å². The summed E-state index contributed by atoms with van der Waals surface area (Å²) in [5.74, 6) is -7.22. The summed E-state index contributed by atoms with van der Waals surface area (Å²) in [6, 6.07) is 6.13. The Kier molecular flexibility index (Phi) is 5.52. The van der Waals surface area contributed by atoms with E-state index < -0.39 is 40.9 Å². The Hall–Kier alpha value is -2.56. The summed E-state index contributed by atoms with van der Waals surface area (Å²) in [7, 11) is 1.19. The molecule has 0 aromatic heterocycles. The van der Waals surface area contributed by atoms with Crippen LogP contribution in [0.5, 0.6) is 11.5 Å². The molecule has 0 bridgehead atoms. The minimum absolute atomic E-state index is 0.0567. The second-order valence-electron chi connectivity index (χ2n) is 5.56. The summed E-state index contributed by atoms with van der Waals surface area (Å²) in [5, 5.41) is 10.6. The van der Waals surface area contributed by atoms with Gasteiger partial charge in [0, 0.05) is 5.56 Å². The molecule has 0 fully saturated rings. The molecule has 2 rings (SSSR count). The van der Waals surface area contributed by atoms with Crippen molar-refractivity contribution in [3.05, 3.63) is 59.7 Å². The van der Waals surface area contributed by atoms with Gasteiger partial charge in [-0.25, -0.2) is 0 Å². The molecule has 0 aliphatic carbocycles. The summed E-state index contributed by atoms with van der Waals surface area (Å²) < 4.78 is 114.